The van der Waals surface area contributed by atoms with E-state index in [2.05, 4.69) is 28.7 Å². The van der Waals surface area contributed by atoms with Gasteiger partial charge in [0, 0.05) is 12.6 Å². The molecule has 1 aromatic rings. The first-order valence-corrected chi connectivity index (χ1v) is 4.83. The quantitative estimate of drug-likeness (QED) is 0.860. The average Bonchev–Trinajstić information content (AvgIpc) is 2.17. The van der Waals surface area contributed by atoms with E-state index in [1.807, 2.05) is 0 Å². The van der Waals surface area contributed by atoms with Gasteiger partial charge in [0.1, 0.15) is 11.5 Å². The van der Waals surface area contributed by atoms with Crippen LogP contribution in [0.3, 0.4) is 0 Å². The number of ether oxygens (including phenoxy) is 2. The highest BCUT2D eigenvalue weighted by Gasteiger charge is 2.11. The molecular weight excluding hydrogens is 281 g/mol. The largest absolute Gasteiger partial charge is 0.496 e. The van der Waals surface area contributed by atoms with Crippen LogP contribution in [0.4, 0.5) is 0 Å². The first kappa shape index (κ1) is 10.6. The number of methoxy groups -OCH3 is 2. The second-order valence-corrected chi connectivity index (χ2v) is 3.47. The van der Waals surface area contributed by atoms with Crippen molar-refractivity contribution in [3.63, 3.8) is 0 Å². The van der Waals surface area contributed by atoms with Gasteiger partial charge in [-0.2, -0.15) is 0 Å². The van der Waals surface area contributed by atoms with Crippen LogP contribution in [0.1, 0.15) is 5.56 Å². The molecule has 0 atom stereocenters. The van der Waals surface area contributed by atoms with E-state index in [4.69, 9.17) is 15.2 Å². The Labute approximate surface area is 91.4 Å². The summed E-state index contributed by atoms with van der Waals surface area (Å²) in [5.41, 5.74) is 6.48. The van der Waals surface area contributed by atoms with Gasteiger partial charge in [-0.15, -0.1) is 0 Å². The number of benzene rings is 1. The molecular formula is C9H11INO2. The summed E-state index contributed by atoms with van der Waals surface area (Å²) in [5, 5.41) is 0. The maximum absolute atomic E-state index is 5.59. The first-order chi connectivity index (χ1) is 6.24. The van der Waals surface area contributed by atoms with E-state index in [1.54, 1.807) is 20.3 Å². The van der Waals surface area contributed by atoms with E-state index in [1.165, 1.54) is 0 Å². The second kappa shape index (κ2) is 4.66. The third-order valence-electron chi connectivity index (χ3n) is 1.73. The molecule has 0 amide bonds. The summed E-state index contributed by atoms with van der Waals surface area (Å²) < 4.78 is 11.3. The van der Waals surface area contributed by atoms with Gasteiger partial charge < -0.3 is 15.2 Å². The molecule has 0 fully saturated rings. The van der Waals surface area contributed by atoms with Gasteiger partial charge in [0.15, 0.2) is 0 Å². The first-order valence-electron chi connectivity index (χ1n) is 3.75. The van der Waals surface area contributed by atoms with E-state index in [-0.39, 0.29) is 0 Å². The third kappa shape index (κ3) is 2.05. The maximum atomic E-state index is 5.59. The number of nitrogens with two attached hydrogens (primary N) is 1. The van der Waals surface area contributed by atoms with Crippen molar-refractivity contribution in [1.29, 1.82) is 0 Å². The van der Waals surface area contributed by atoms with Gasteiger partial charge in [-0.1, -0.05) is 0 Å². The predicted molar refractivity (Wildman–Crippen MR) is 59.0 cm³/mol. The zero-order chi connectivity index (χ0) is 9.84. The van der Waals surface area contributed by atoms with Gasteiger partial charge in [-0.05, 0) is 28.7 Å². The molecule has 0 aliphatic carbocycles. The zero-order valence-electron chi connectivity index (χ0n) is 7.56. The smallest absolute Gasteiger partial charge is 0.141 e. The summed E-state index contributed by atoms with van der Waals surface area (Å²) >= 11 is 2.15. The van der Waals surface area contributed by atoms with Crippen LogP contribution >= 0.6 is 22.6 Å². The van der Waals surface area contributed by atoms with Crippen molar-refractivity contribution in [2.24, 2.45) is 5.73 Å². The van der Waals surface area contributed by atoms with E-state index in [0.29, 0.717) is 6.54 Å². The molecule has 0 saturated carbocycles. The minimum atomic E-state index is 0.400. The minimum Gasteiger partial charge on any atom is -0.496 e. The van der Waals surface area contributed by atoms with Crippen molar-refractivity contribution in [3.05, 3.63) is 21.3 Å². The van der Waals surface area contributed by atoms with Crippen molar-refractivity contribution < 1.29 is 9.47 Å². The lowest BCUT2D eigenvalue weighted by Gasteiger charge is -2.12. The molecule has 0 saturated heterocycles. The molecule has 4 heteroatoms. The van der Waals surface area contributed by atoms with Crippen molar-refractivity contribution >= 4 is 22.6 Å². The molecule has 0 aliphatic rings. The molecule has 0 aromatic heterocycles. The van der Waals surface area contributed by atoms with Crippen LogP contribution in [-0.4, -0.2) is 14.2 Å². The molecule has 0 spiro atoms. The summed E-state index contributed by atoms with van der Waals surface area (Å²) in [6.07, 6.45) is 0. The lowest BCUT2D eigenvalue weighted by molar-refractivity contribution is 0.383. The number of hydrogen-bond acceptors (Lipinski definition) is 3. The Morgan fingerprint density at radius 2 is 2.15 bits per heavy atom. The summed E-state index contributed by atoms with van der Waals surface area (Å²) in [7, 11) is 3.22. The van der Waals surface area contributed by atoms with Crippen LogP contribution < -0.4 is 15.2 Å². The standard InChI is InChI=1S/C9H11INO2/c1-12-8-4-3-7(10)9(13-2)6(8)5-11/h4H,5,11H2,1-2H3. The van der Waals surface area contributed by atoms with Gasteiger partial charge in [0.2, 0.25) is 0 Å². The molecule has 13 heavy (non-hydrogen) atoms. The Bertz CT molecular complexity index is 302. The Kier molecular flexibility index (Phi) is 3.80. The minimum absolute atomic E-state index is 0.400. The van der Waals surface area contributed by atoms with Crippen molar-refractivity contribution in [2.75, 3.05) is 14.2 Å². The Hall–Kier alpha value is -0.490. The SMILES string of the molecule is COc1c[c]c(I)c(OC)c1CN. The van der Waals surface area contributed by atoms with Crippen LogP contribution in [0.2, 0.25) is 0 Å². The lowest BCUT2D eigenvalue weighted by Crippen LogP contribution is -2.04. The molecule has 0 unspecified atom stereocenters. The van der Waals surface area contributed by atoms with E-state index >= 15 is 0 Å². The zero-order valence-corrected chi connectivity index (χ0v) is 9.71. The second-order valence-electron chi connectivity index (χ2n) is 2.39. The van der Waals surface area contributed by atoms with Crippen molar-refractivity contribution in [2.45, 2.75) is 6.54 Å². The number of halogens is 1. The third-order valence-corrected chi connectivity index (χ3v) is 2.53. The predicted octanol–water partition coefficient (Wildman–Crippen LogP) is 1.57. The van der Waals surface area contributed by atoms with Gasteiger partial charge in [-0.3, -0.25) is 0 Å². The molecule has 1 aromatic carbocycles. The fraction of sp³-hybridized carbons (Fsp3) is 0.333. The summed E-state index contributed by atoms with van der Waals surface area (Å²) in [5.74, 6) is 1.47. The van der Waals surface area contributed by atoms with Gasteiger partial charge >= 0.3 is 0 Å². The Morgan fingerprint density at radius 1 is 1.46 bits per heavy atom. The number of rotatable bonds is 3. The molecule has 0 heterocycles. The molecule has 1 rings (SSSR count). The van der Waals surface area contributed by atoms with Crippen LogP contribution in [-0.2, 0) is 6.54 Å². The fourth-order valence-electron chi connectivity index (χ4n) is 1.11. The molecule has 0 bridgehead atoms. The fourth-order valence-corrected chi connectivity index (χ4v) is 1.82. The molecule has 1 radical (unpaired) electrons. The molecule has 2 N–H and O–H groups in total. The average molecular weight is 292 g/mol. The van der Waals surface area contributed by atoms with E-state index < -0.39 is 0 Å². The normalized spacial score (nSPS) is 9.85. The molecule has 71 valence electrons. The van der Waals surface area contributed by atoms with Crippen molar-refractivity contribution in [1.82, 2.24) is 0 Å². The topological polar surface area (TPSA) is 44.5 Å². The van der Waals surface area contributed by atoms with Gasteiger partial charge in [0.05, 0.1) is 23.4 Å². The Balaban J connectivity index is 3.27. The van der Waals surface area contributed by atoms with Crippen LogP contribution in [0.25, 0.3) is 0 Å². The summed E-state index contributed by atoms with van der Waals surface area (Å²) in [6.45, 7) is 0.400. The van der Waals surface area contributed by atoms with E-state index in [0.717, 1.165) is 20.6 Å². The van der Waals surface area contributed by atoms with Crippen molar-refractivity contribution in [3.8, 4) is 11.5 Å². The maximum Gasteiger partial charge on any atom is 0.141 e. The monoisotopic (exact) mass is 292 g/mol. The highest BCUT2D eigenvalue weighted by Crippen LogP contribution is 2.31. The van der Waals surface area contributed by atoms with Gasteiger partial charge in [0.25, 0.3) is 0 Å². The lowest BCUT2D eigenvalue weighted by atomic mass is 10.2. The summed E-state index contributed by atoms with van der Waals surface area (Å²) in [4.78, 5) is 0. The highest BCUT2D eigenvalue weighted by molar-refractivity contribution is 14.1. The van der Waals surface area contributed by atoms with Crippen LogP contribution in [0.15, 0.2) is 6.07 Å². The molecule has 3 nitrogen and oxygen atoms in total. The Morgan fingerprint density at radius 3 is 2.62 bits per heavy atom. The van der Waals surface area contributed by atoms with Crippen LogP contribution in [0, 0.1) is 9.64 Å². The molecule has 0 aliphatic heterocycles. The van der Waals surface area contributed by atoms with Gasteiger partial charge in [-0.25, -0.2) is 0 Å². The number of hydrogen-bond donors (Lipinski definition) is 1. The van der Waals surface area contributed by atoms with E-state index in [9.17, 15) is 0 Å². The highest BCUT2D eigenvalue weighted by atomic mass is 127. The summed E-state index contributed by atoms with van der Waals surface area (Å²) in [6, 6.07) is 4.80. The van der Waals surface area contributed by atoms with Crippen LogP contribution in [0.5, 0.6) is 11.5 Å².